The number of thiophene rings is 1. The van der Waals surface area contributed by atoms with E-state index in [0.717, 1.165) is 10.4 Å². The van der Waals surface area contributed by atoms with E-state index in [1.54, 1.807) is 13.0 Å². The van der Waals surface area contributed by atoms with E-state index in [1.165, 1.54) is 29.5 Å². The topological polar surface area (TPSA) is 94.3 Å². The fraction of sp³-hybridized carbons (Fsp3) is 0.294. The van der Waals surface area contributed by atoms with Gasteiger partial charge in [-0.25, -0.2) is 12.8 Å². The number of halogens is 1. The highest BCUT2D eigenvalue weighted by atomic mass is 32.2. The first kappa shape index (κ1) is 18.1. The molecule has 2 aromatic heterocycles. The van der Waals surface area contributed by atoms with E-state index in [0.29, 0.717) is 36.0 Å². The lowest BCUT2D eigenvalue weighted by Crippen LogP contribution is -2.15. The number of sulfonamides is 1. The van der Waals surface area contributed by atoms with E-state index >= 15 is 0 Å². The Bertz CT molecular complexity index is 1090. The van der Waals surface area contributed by atoms with Crippen molar-refractivity contribution in [2.24, 2.45) is 0 Å². The molecule has 0 fully saturated rings. The summed E-state index contributed by atoms with van der Waals surface area (Å²) in [5.41, 5.74) is 1.62. The van der Waals surface area contributed by atoms with Crippen LogP contribution in [-0.2, 0) is 33.5 Å². The van der Waals surface area contributed by atoms with Gasteiger partial charge in [-0.15, -0.1) is 11.3 Å². The van der Waals surface area contributed by atoms with Gasteiger partial charge in [0.05, 0.1) is 24.5 Å². The number of anilines is 1. The van der Waals surface area contributed by atoms with Crippen LogP contribution in [0.1, 0.15) is 21.8 Å². The van der Waals surface area contributed by atoms with Gasteiger partial charge in [-0.2, -0.15) is 4.98 Å². The zero-order valence-electron chi connectivity index (χ0n) is 14.4. The molecule has 10 heteroatoms. The van der Waals surface area contributed by atoms with Gasteiger partial charge in [0.2, 0.25) is 10.0 Å². The van der Waals surface area contributed by atoms with Crippen LogP contribution >= 0.6 is 11.3 Å². The molecule has 0 amide bonds. The molecule has 142 valence electrons. The zero-order chi connectivity index (χ0) is 19.0. The molecule has 3 aromatic rings. The molecule has 1 aromatic carbocycles. The van der Waals surface area contributed by atoms with Crippen molar-refractivity contribution in [1.29, 1.82) is 0 Å². The van der Waals surface area contributed by atoms with Crippen molar-refractivity contribution < 1.29 is 22.1 Å². The van der Waals surface area contributed by atoms with E-state index in [2.05, 4.69) is 14.9 Å². The van der Waals surface area contributed by atoms with Crippen molar-refractivity contribution >= 4 is 26.4 Å². The molecule has 1 aliphatic rings. The van der Waals surface area contributed by atoms with Crippen molar-refractivity contribution in [3.8, 4) is 11.5 Å². The predicted octanol–water partition coefficient (Wildman–Crippen LogP) is 3.26. The highest BCUT2D eigenvalue weighted by Gasteiger charge is 2.28. The van der Waals surface area contributed by atoms with Crippen molar-refractivity contribution in [2.45, 2.75) is 25.7 Å². The van der Waals surface area contributed by atoms with Crippen LogP contribution < -0.4 is 4.72 Å². The molecule has 0 bridgehead atoms. The van der Waals surface area contributed by atoms with Crippen LogP contribution in [0.25, 0.3) is 11.5 Å². The maximum Gasteiger partial charge on any atom is 0.261 e. The summed E-state index contributed by atoms with van der Waals surface area (Å²) in [5.74, 6) is -0.316. The van der Waals surface area contributed by atoms with Crippen molar-refractivity contribution in [3.63, 3.8) is 0 Å². The number of ether oxygens (including phenoxy) is 1. The molecule has 0 spiro atoms. The van der Waals surface area contributed by atoms with Gasteiger partial charge in [-0.3, -0.25) is 4.72 Å². The van der Waals surface area contributed by atoms with E-state index in [-0.39, 0.29) is 11.5 Å². The highest BCUT2D eigenvalue weighted by Crippen LogP contribution is 2.43. The summed E-state index contributed by atoms with van der Waals surface area (Å²) in [4.78, 5) is 5.16. The van der Waals surface area contributed by atoms with Crippen molar-refractivity contribution in [3.05, 3.63) is 51.9 Å². The molecule has 4 rings (SSSR count). The SMILES string of the molecule is Cc1noc(-c2c(NS(=O)(=O)Cc3ccccc3F)sc3c2CCOC3)n1. The minimum absolute atomic E-state index is 0.102. The number of aryl methyl sites for hydroxylation is 1. The second kappa shape index (κ2) is 7.02. The van der Waals surface area contributed by atoms with Gasteiger partial charge < -0.3 is 9.26 Å². The van der Waals surface area contributed by atoms with Crippen LogP contribution in [0.3, 0.4) is 0 Å². The minimum atomic E-state index is -3.84. The quantitative estimate of drug-likeness (QED) is 0.695. The lowest BCUT2D eigenvalue weighted by atomic mass is 10.1. The third-order valence-corrected chi connectivity index (χ3v) is 6.57. The number of nitrogens with zero attached hydrogens (tertiary/aromatic N) is 2. The van der Waals surface area contributed by atoms with Crippen LogP contribution in [0.2, 0.25) is 0 Å². The Balaban J connectivity index is 1.71. The van der Waals surface area contributed by atoms with Gasteiger partial charge in [-0.1, -0.05) is 23.4 Å². The number of hydrogen-bond acceptors (Lipinski definition) is 7. The summed E-state index contributed by atoms with van der Waals surface area (Å²) in [5, 5.41) is 4.18. The van der Waals surface area contributed by atoms with Gasteiger partial charge in [0.25, 0.3) is 5.89 Å². The summed E-state index contributed by atoms with van der Waals surface area (Å²) in [6.07, 6.45) is 0.623. The normalized spacial score (nSPS) is 14.1. The molecule has 3 heterocycles. The summed E-state index contributed by atoms with van der Waals surface area (Å²) < 4.78 is 52.5. The van der Waals surface area contributed by atoms with Gasteiger partial charge in [0, 0.05) is 10.4 Å². The van der Waals surface area contributed by atoms with Crippen LogP contribution in [0.15, 0.2) is 28.8 Å². The maximum absolute atomic E-state index is 13.9. The van der Waals surface area contributed by atoms with Gasteiger partial charge in [0.1, 0.15) is 10.8 Å². The fourth-order valence-corrected chi connectivity index (χ4v) is 5.60. The molecule has 0 atom stereocenters. The average molecular weight is 409 g/mol. The summed E-state index contributed by atoms with van der Waals surface area (Å²) in [6.45, 7) is 2.62. The zero-order valence-corrected chi connectivity index (χ0v) is 16.0. The van der Waals surface area contributed by atoms with Gasteiger partial charge >= 0.3 is 0 Å². The van der Waals surface area contributed by atoms with Crippen LogP contribution in [0.4, 0.5) is 9.39 Å². The molecule has 27 heavy (non-hydrogen) atoms. The highest BCUT2D eigenvalue weighted by molar-refractivity contribution is 7.92. The lowest BCUT2D eigenvalue weighted by molar-refractivity contribution is 0.113. The largest absolute Gasteiger partial charge is 0.376 e. The molecule has 0 unspecified atom stereocenters. The number of rotatable bonds is 5. The van der Waals surface area contributed by atoms with E-state index in [4.69, 9.17) is 9.26 Å². The smallest absolute Gasteiger partial charge is 0.261 e. The molecule has 0 saturated carbocycles. The second-order valence-corrected chi connectivity index (χ2v) is 8.94. The van der Waals surface area contributed by atoms with Crippen LogP contribution in [0.5, 0.6) is 0 Å². The fourth-order valence-electron chi connectivity index (χ4n) is 2.93. The van der Waals surface area contributed by atoms with Gasteiger partial charge in [-0.05, 0) is 25.0 Å². The third kappa shape index (κ3) is 3.73. The van der Waals surface area contributed by atoms with E-state index in [1.807, 2.05) is 0 Å². The maximum atomic E-state index is 13.9. The number of aromatic nitrogens is 2. The number of hydrogen-bond donors (Lipinski definition) is 1. The molecule has 1 N–H and O–H groups in total. The van der Waals surface area contributed by atoms with Crippen molar-refractivity contribution in [1.82, 2.24) is 10.1 Å². The first-order chi connectivity index (χ1) is 12.9. The summed E-state index contributed by atoms with van der Waals surface area (Å²) in [6, 6.07) is 5.80. The first-order valence-electron chi connectivity index (χ1n) is 8.20. The Hall–Kier alpha value is -2.30. The predicted molar refractivity (Wildman–Crippen MR) is 98.4 cm³/mol. The standard InChI is InChI=1S/C17H16FN3O4S2/c1-10-19-16(25-20-10)15-12-6-7-24-8-14(12)26-17(15)21-27(22,23)9-11-4-2-3-5-13(11)18/h2-5,21H,6-9H2,1H3. The van der Waals surface area contributed by atoms with Crippen LogP contribution in [0, 0.1) is 12.7 Å². The Morgan fingerprint density at radius 1 is 1.33 bits per heavy atom. The third-order valence-electron chi connectivity index (χ3n) is 4.11. The Morgan fingerprint density at radius 3 is 2.89 bits per heavy atom. The average Bonchev–Trinajstić information content (AvgIpc) is 3.19. The molecular formula is C17H16FN3O4S2. The monoisotopic (exact) mass is 409 g/mol. The molecule has 0 aliphatic carbocycles. The Morgan fingerprint density at radius 2 is 2.15 bits per heavy atom. The first-order valence-corrected chi connectivity index (χ1v) is 10.7. The second-order valence-electron chi connectivity index (χ2n) is 6.11. The Labute approximate surface area is 159 Å². The Kier molecular flexibility index (Phi) is 4.70. The number of nitrogens with one attached hydrogen (secondary N) is 1. The van der Waals surface area contributed by atoms with E-state index < -0.39 is 21.6 Å². The molecule has 7 nitrogen and oxygen atoms in total. The molecule has 0 radical (unpaired) electrons. The van der Waals surface area contributed by atoms with Crippen molar-refractivity contribution in [2.75, 3.05) is 11.3 Å². The molecule has 1 aliphatic heterocycles. The minimum Gasteiger partial charge on any atom is -0.376 e. The van der Waals surface area contributed by atoms with Crippen LogP contribution in [-0.4, -0.2) is 25.2 Å². The molecular weight excluding hydrogens is 393 g/mol. The number of fused-ring (bicyclic) bond motifs is 1. The summed E-state index contributed by atoms with van der Waals surface area (Å²) in [7, 11) is -3.84. The number of benzene rings is 1. The lowest BCUT2D eigenvalue weighted by Gasteiger charge is -2.12. The summed E-state index contributed by atoms with van der Waals surface area (Å²) >= 11 is 1.27. The van der Waals surface area contributed by atoms with Gasteiger partial charge in [0.15, 0.2) is 5.82 Å². The molecule has 0 saturated heterocycles. The van der Waals surface area contributed by atoms with E-state index in [9.17, 15) is 12.8 Å².